The van der Waals surface area contributed by atoms with E-state index < -0.39 is 0 Å². The molecule has 0 fully saturated rings. The van der Waals surface area contributed by atoms with E-state index in [1.807, 2.05) is 0 Å². The smallest absolute Gasteiger partial charge is 0.0177 e. The first kappa shape index (κ1) is 15.8. The fourth-order valence-electron chi connectivity index (χ4n) is 2.64. The molecule has 0 bridgehead atoms. The fourth-order valence-corrected chi connectivity index (χ4v) is 3.54. The Morgan fingerprint density at radius 1 is 0.950 bits per heavy atom. The average Bonchev–Trinajstić information content (AvgIpc) is 2.42. The summed E-state index contributed by atoms with van der Waals surface area (Å²) in [6, 6.07) is 15.2. The van der Waals surface area contributed by atoms with Crippen LogP contribution in [0.4, 0.5) is 0 Å². The second-order valence-corrected chi connectivity index (χ2v) is 6.99. The van der Waals surface area contributed by atoms with Crippen LogP contribution >= 0.6 is 31.9 Å². The lowest BCUT2D eigenvalue weighted by molar-refractivity contribution is 0.587. The minimum absolute atomic E-state index is 0.629. The average molecular weight is 396 g/mol. The minimum atomic E-state index is 0.629. The van der Waals surface area contributed by atoms with Gasteiger partial charge in [0.2, 0.25) is 0 Å². The monoisotopic (exact) mass is 394 g/mol. The van der Waals surface area contributed by atoms with Crippen molar-refractivity contribution in [2.24, 2.45) is 5.92 Å². The zero-order valence-electron chi connectivity index (χ0n) is 12.0. The first-order valence-electron chi connectivity index (χ1n) is 6.95. The molecule has 2 heteroatoms. The second-order valence-electron chi connectivity index (χ2n) is 5.43. The van der Waals surface area contributed by atoms with Crippen molar-refractivity contribution in [3.05, 3.63) is 69.2 Å². The highest BCUT2D eigenvalue weighted by molar-refractivity contribution is 9.10. The summed E-state index contributed by atoms with van der Waals surface area (Å²) in [5.41, 5.74) is 5.72. The highest BCUT2D eigenvalue weighted by atomic mass is 79.9. The summed E-state index contributed by atoms with van der Waals surface area (Å²) in [5.74, 6) is 0.629. The number of hydrogen-bond acceptors (Lipinski definition) is 0. The normalized spacial score (nSPS) is 12.4. The van der Waals surface area contributed by atoms with E-state index in [0.29, 0.717) is 5.92 Å². The van der Waals surface area contributed by atoms with E-state index in [1.54, 1.807) is 0 Å². The number of alkyl halides is 1. The molecule has 0 nitrogen and oxygen atoms in total. The molecule has 1 atom stereocenters. The molecular weight excluding hydrogens is 376 g/mol. The van der Waals surface area contributed by atoms with Gasteiger partial charge in [-0.15, -0.1) is 0 Å². The molecule has 0 aliphatic carbocycles. The van der Waals surface area contributed by atoms with Crippen molar-refractivity contribution in [3.8, 4) is 0 Å². The molecule has 1 unspecified atom stereocenters. The van der Waals surface area contributed by atoms with Gasteiger partial charge in [-0.3, -0.25) is 0 Å². The summed E-state index contributed by atoms with van der Waals surface area (Å²) < 4.78 is 1.16. The van der Waals surface area contributed by atoms with Gasteiger partial charge in [0.05, 0.1) is 0 Å². The Labute approximate surface area is 138 Å². The molecule has 0 N–H and O–H groups in total. The standard InChI is InChI=1S/C18H20Br2/c1-13-5-3-6-14(2)18(13)11-16(12-19)9-15-7-4-8-17(20)10-15/h3-8,10,16H,9,11-12H2,1-2H3. The molecule has 106 valence electrons. The minimum Gasteiger partial charge on any atom is -0.0925 e. The van der Waals surface area contributed by atoms with Crippen LogP contribution in [0.2, 0.25) is 0 Å². The summed E-state index contributed by atoms with van der Waals surface area (Å²) in [6.07, 6.45) is 2.24. The Balaban J connectivity index is 2.13. The van der Waals surface area contributed by atoms with Gasteiger partial charge in [-0.25, -0.2) is 0 Å². The molecule has 0 heterocycles. The molecule has 2 aromatic carbocycles. The van der Waals surface area contributed by atoms with Gasteiger partial charge in [-0.05, 0) is 67.0 Å². The molecular formula is C18H20Br2. The number of hydrogen-bond donors (Lipinski definition) is 0. The van der Waals surface area contributed by atoms with Crippen molar-refractivity contribution in [2.45, 2.75) is 26.7 Å². The van der Waals surface area contributed by atoms with Crippen molar-refractivity contribution < 1.29 is 0 Å². The van der Waals surface area contributed by atoms with Crippen molar-refractivity contribution in [1.29, 1.82) is 0 Å². The molecule has 0 aliphatic heterocycles. The molecule has 0 radical (unpaired) electrons. The molecule has 20 heavy (non-hydrogen) atoms. The first-order chi connectivity index (χ1) is 9.60. The van der Waals surface area contributed by atoms with Crippen molar-refractivity contribution >= 4 is 31.9 Å². The second kappa shape index (κ2) is 7.42. The van der Waals surface area contributed by atoms with Gasteiger partial charge in [0.1, 0.15) is 0 Å². The molecule has 0 spiro atoms. The van der Waals surface area contributed by atoms with E-state index in [2.05, 4.69) is 88.2 Å². The quantitative estimate of drug-likeness (QED) is 0.556. The Hall–Kier alpha value is -0.600. The van der Waals surface area contributed by atoms with Gasteiger partial charge in [0, 0.05) is 9.80 Å². The van der Waals surface area contributed by atoms with Crippen LogP contribution in [0.25, 0.3) is 0 Å². The first-order valence-corrected chi connectivity index (χ1v) is 8.87. The number of benzene rings is 2. The van der Waals surface area contributed by atoms with Crippen molar-refractivity contribution in [3.63, 3.8) is 0 Å². The molecule has 0 saturated carbocycles. The molecule has 0 amide bonds. The zero-order chi connectivity index (χ0) is 14.5. The van der Waals surface area contributed by atoms with Crippen LogP contribution in [0.5, 0.6) is 0 Å². The van der Waals surface area contributed by atoms with Crippen LogP contribution in [0.15, 0.2) is 46.9 Å². The Kier molecular flexibility index (Phi) is 5.86. The third-order valence-corrected chi connectivity index (χ3v) is 5.18. The molecule has 0 aromatic heterocycles. The highest BCUT2D eigenvalue weighted by Crippen LogP contribution is 2.23. The maximum atomic E-state index is 3.69. The van der Waals surface area contributed by atoms with Gasteiger partial charge in [0.15, 0.2) is 0 Å². The summed E-state index contributed by atoms with van der Waals surface area (Å²) in [6.45, 7) is 4.43. The van der Waals surface area contributed by atoms with E-state index in [4.69, 9.17) is 0 Å². The topological polar surface area (TPSA) is 0 Å². The lowest BCUT2D eigenvalue weighted by Gasteiger charge is -2.18. The number of halogens is 2. The number of aryl methyl sites for hydroxylation is 2. The maximum Gasteiger partial charge on any atom is 0.0177 e. The van der Waals surface area contributed by atoms with E-state index in [9.17, 15) is 0 Å². The molecule has 2 rings (SSSR count). The molecule has 0 saturated heterocycles. The Morgan fingerprint density at radius 3 is 2.20 bits per heavy atom. The zero-order valence-corrected chi connectivity index (χ0v) is 15.2. The summed E-state index contributed by atoms with van der Waals surface area (Å²) in [4.78, 5) is 0. The van der Waals surface area contributed by atoms with Crippen LogP contribution < -0.4 is 0 Å². The van der Waals surface area contributed by atoms with Crippen molar-refractivity contribution in [2.75, 3.05) is 5.33 Å². The van der Waals surface area contributed by atoms with Gasteiger partial charge < -0.3 is 0 Å². The van der Waals surface area contributed by atoms with E-state index in [-0.39, 0.29) is 0 Å². The SMILES string of the molecule is Cc1cccc(C)c1CC(CBr)Cc1cccc(Br)c1. The molecule has 2 aromatic rings. The van der Waals surface area contributed by atoms with E-state index in [0.717, 1.165) is 22.6 Å². The summed E-state index contributed by atoms with van der Waals surface area (Å²) >= 11 is 7.24. The predicted octanol–water partition coefficient (Wildman–Crippen LogP) is 5.86. The van der Waals surface area contributed by atoms with Crippen LogP contribution in [0.1, 0.15) is 22.3 Å². The van der Waals surface area contributed by atoms with Crippen LogP contribution in [0, 0.1) is 19.8 Å². The summed E-state index contributed by atoms with van der Waals surface area (Å²) in [5, 5.41) is 1.04. The lowest BCUT2D eigenvalue weighted by Crippen LogP contribution is -2.11. The van der Waals surface area contributed by atoms with Crippen LogP contribution in [-0.4, -0.2) is 5.33 Å². The number of rotatable bonds is 5. The Bertz CT molecular complexity index is 555. The van der Waals surface area contributed by atoms with Crippen LogP contribution in [-0.2, 0) is 12.8 Å². The van der Waals surface area contributed by atoms with Gasteiger partial charge in [-0.1, -0.05) is 62.2 Å². The summed E-state index contributed by atoms with van der Waals surface area (Å²) in [7, 11) is 0. The maximum absolute atomic E-state index is 3.69. The van der Waals surface area contributed by atoms with E-state index in [1.165, 1.54) is 22.3 Å². The highest BCUT2D eigenvalue weighted by Gasteiger charge is 2.12. The third-order valence-electron chi connectivity index (χ3n) is 3.77. The van der Waals surface area contributed by atoms with Crippen molar-refractivity contribution in [1.82, 2.24) is 0 Å². The molecule has 0 aliphatic rings. The van der Waals surface area contributed by atoms with Gasteiger partial charge in [0.25, 0.3) is 0 Å². The lowest BCUT2D eigenvalue weighted by atomic mass is 9.90. The van der Waals surface area contributed by atoms with Gasteiger partial charge >= 0.3 is 0 Å². The van der Waals surface area contributed by atoms with Gasteiger partial charge in [-0.2, -0.15) is 0 Å². The largest absolute Gasteiger partial charge is 0.0925 e. The Morgan fingerprint density at radius 2 is 1.60 bits per heavy atom. The van der Waals surface area contributed by atoms with Crippen LogP contribution in [0.3, 0.4) is 0 Å². The van der Waals surface area contributed by atoms with E-state index >= 15 is 0 Å². The predicted molar refractivity (Wildman–Crippen MR) is 94.8 cm³/mol. The third kappa shape index (κ3) is 4.20. The fraction of sp³-hybridized carbons (Fsp3) is 0.333.